The van der Waals surface area contributed by atoms with Gasteiger partial charge in [-0.2, -0.15) is 0 Å². The van der Waals surface area contributed by atoms with Gasteiger partial charge in [-0.1, -0.05) is 34.0 Å². The molecule has 1 N–H and O–H groups in total. The zero-order valence-corrected chi connectivity index (χ0v) is 10.2. The lowest BCUT2D eigenvalue weighted by Gasteiger charge is -2.24. The Morgan fingerprint density at radius 3 is 2.79 bits per heavy atom. The van der Waals surface area contributed by atoms with Crippen molar-refractivity contribution in [2.75, 3.05) is 6.54 Å². The van der Waals surface area contributed by atoms with Gasteiger partial charge in [-0.15, -0.1) is 0 Å². The van der Waals surface area contributed by atoms with Crippen molar-refractivity contribution in [1.82, 2.24) is 5.32 Å². The monoisotopic (exact) mass is 273 g/mol. The molecule has 76 valence electrons. The fraction of sp³-hybridized carbons (Fsp3) is 0.455. The molecular formula is C11H13BrClN. The first-order valence-corrected chi connectivity index (χ1v) is 6.12. The lowest BCUT2D eigenvalue weighted by atomic mass is 9.98. The molecule has 0 bridgehead atoms. The van der Waals surface area contributed by atoms with Crippen LogP contribution in [0.3, 0.4) is 0 Å². The zero-order chi connectivity index (χ0) is 9.97. The predicted octanol–water partition coefficient (Wildman–Crippen LogP) is 3.92. The van der Waals surface area contributed by atoms with Crippen molar-refractivity contribution >= 4 is 27.5 Å². The largest absolute Gasteiger partial charge is 0.310 e. The summed E-state index contributed by atoms with van der Waals surface area (Å²) in [7, 11) is 0. The van der Waals surface area contributed by atoms with Gasteiger partial charge in [-0.05, 0) is 43.1 Å². The zero-order valence-electron chi connectivity index (χ0n) is 7.89. The Labute approximate surface area is 98.0 Å². The van der Waals surface area contributed by atoms with Crippen molar-refractivity contribution in [2.45, 2.75) is 25.3 Å². The van der Waals surface area contributed by atoms with Crippen molar-refractivity contribution in [1.29, 1.82) is 0 Å². The second-order valence-electron chi connectivity index (χ2n) is 3.71. The molecule has 1 heterocycles. The summed E-state index contributed by atoms with van der Waals surface area (Å²) in [5.74, 6) is 0. The van der Waals surface area contributed by atoms with Crippen LogP contribution in [0.4, 0.5) is 0 Å². The number of rotatable bonds is 1. The van der Waals surface area contributed by atoms with Crippen LogP contribution in [0.2, 0.25) is 5.02 Å². The molecule has 0 aliphatic carbocycles. The van der Waals surface area contributed by atoms with Gasteiger partial charge in [-0.3, -0.25) is 0 Å². The highest BCUT2D eigenvalue weighted by atomic mass is 79.9. The third-order valence-electron chi connectivity index (χ3n) is 2.60. The molecular weight excluding hydrogens is 261 g/mol. The Bertz CT molecular complexity index is 301. The van der Waals surface area contributed by atoms with E-state index in [0.717, 1.165) is 16.0 Å². The average molecular weight is 275 g/mol. The van der Waals surface area contributed by atoms with Crippen LogP contribution in [0.1, 0.15) is 30.9 Å². The minimum Gasteiger partial charge on any atom is -0.310 e. The van der Waals surface area contributed by atoms with Gasteiger partial charge in [0.15, 0.2) is 0 Å². The summed E-state index contributed by atoms with van der Waals surface area (Å²) in [4.78, 5) is 0. The van der Waals surface area contributed by atoms with E-state index in [4.69, 9.17) is 11.6 Å². The number of hydrogen-bond donors (Lipinski definition) is 1. The normalized spacial score (nSPS) is 22.3. The molecule has 0 aromatic heterocycles. The van der Waals surface area contributed by atoms with E-state index in [1.807, 2.05) is 6.07 Å². The molecule has 0 amide bonds. The second kappa shape index (κ2) is 4.65. The van der Waals surface area contributed by atoms with E-state index in [-0.39, 0.29) is 0 Å². The first-order valence-electron chi connectivity index (χ1n) is 4.95. The molecule has 0 saturated carbocycles. The van der Waals surface area contributed by atoms with Crippen LogP contribution in [0.15, 0.2) is 22.7 Å². The van der Waals surface area contributed by atoms with E-state index in [0.29, 0.717) is 6.04 Å². The Morgan fingerprint density at radius 2 is 2.14 bits per heavy atom. The highest BCUT2D eigenvalue weighted by Gasteiger charge is 2.15. The van der Waals surface area contributed by atoms with Crippen LogP contribution in [0.25, 0.3) is 0 Å². The molecule has 0 spiro atoms. The molecule has 1 aliphatic heterocycles. The second-order valence-corrected chi connectivity index (χ2v) is 5.06. The standard InChI is InChI=1S/C11H13BrClN/c12-9-5-8(6-10(13)7-9)11-3-1-2-4-14-11/h5-7,11,14H,1-4H2/t11-/m1/s1. The van der Waals surface area contributed by atoms with Crippen molar-refractivity contribution < 1.29 is 0 Å². The molecule has 1 aliphatic rings. The molecule has 1 fully saturated rings. The van der Waals surface area contributed by atoms with Crippen LogP contribution >= 0.6 is 27.5 Å². The predicted molar refractivity (Wildman–Crippen MR) is 63.7 cm³/mol. The SMILES string of the molecule is Clc1cc(Br)cc([C@H]2CCCCN2)c1. The molecule has 2 rings (SSSR count). The lowest BCUT2D eigenvalue weighted by molar-refractivity contribution is 0.412. The molecule has 1 aromatic rings. The molecule has 1 atom stereocenters. The van der Waals surface area contributed by atoms with Gasteiger partial charge in [0.25, 0.3) is 0 Å². The van der Waals surface area contributed by atoms with Crippen LogP contribution in [0, 0.1) is 0 Å². The fourth-order valence-electron chi connectivity index (χ4n) is 1.91. The first-order chi connectivity index (χ1) is 6.75. The molecule has 1 saturated heterocycles. The molecule has 0 unspecified atom stereocenters. The third-order valence-corrected chi connectivity index (χ3v) is 3.27. The lowest BCUT2D eigenvalue weighted by Crippen LogP contribution is -2.26. The quantitative estimate of drug-likeness (QED) is 0.818. The van der Waals surface area contributed by atoms with Gasteiger partial charge in [0.1, 0.15) is 0 Å². The number of nitrogens with one attached hydrogen (secondary N) is 1. The minimum absolute atomic E-state index is 0.485. The van der Waals surface area contributed by atoms with Crippen LogP contribution < -0.4 is 5.32 Å². The van der Waals surface area contributed by atoms with E-state index in [1.165, 1.54) is 24.8 Å². The van der Waals surface area contributed by atoms with E-state index in [9.17, 15) is 0 Å². The van der Waals surface area contributed by atoms with E-state index in [1.54, 1.807) is 0 Å². The van der Waals surface area contributed by atoms with Crippen molar-refractivity contribution in [3.8, 4) is 0 Å². The highest BCUT2D eigenvalue weighted by molar-refractivity contribution is 9.10. The van der Waals surface area contributed by atoms with Gasteiger partial charge in [0, 0.05) is 15.5 Å². The molecule has 14 heavy (non-hydrogen) atoms. The Kier molecular flexibility index (Phi) is 3.47. The van der Waals surface area contributed by atoms with Crippen LogP contribution in [0.5, 0.6) is 0 Å². The summed E-state index contributed by atoms with van der Waals surface area (Å²) in [5.41, 5.74) is 1.30. The summed E-state index contributed by atoms with van der Waals surface area (Å²) < 4.78 is 1.06. The van der Waals surface area contributed by atoms with E-state index in [2.05, 4.69) is 33.4 Å². The summed E-state index contributed by atoms with van der Waals surface area (Å²) in [6.45, 7) is 1.12. The van der Waals surface area contributed by atoms with E-state index >= 15 is 0 Å². The summed E-state index contributed by atoms with van der Waals surface area (Å²) >= 11 is 9.48. The maximum absolute atomic E-state index is 6.01. The van der Waals surface area contributed by atoms with Gasteiger partial charge in [-0.25, -0.2) is 0 Å². The summed E-state index contributed by atoms with van der Waals surface area (Å²) in [5, 5.41) is 4.32. The van der Waals surface area contributed by atoms with Crippen LogP contribution in [-0.4, -0.2) is 6.54 Å². The Morgan fingerprint density at radius 1 is 1.29 bits per heavy atom. The van der Waals surface area contributed by atoms with Gasteiger partial charge < -0.3 is 5.32 Å². The number of piperidine rings is 1. The fourth-order valence-corrected chi connectivity index (χ4v) is 2.80. The van der Waals surface area contributed by atoms with Crippen molar-refractivity contribution in [2.24, 2.45) is 0 Å². The van der Waals surface area contributed by atoms with Gasteiger partial charge >= 0.3 is 0 Å². The summed E-state index contributed by atoms with van der Waals surface area (Å²) in [6.07, 6.45) is 3.81. The smallest absolute Gasteiger partial charge is 0.0420 e. The maximum Gasteiger partial charge on any atom is 0.0420 e. The average Bonchev–Trinajstić information content (AvgIpc) is 2.18. The maximum atomic E-state index is 6.01. The molecule has 0 radical (unpaired) electrons. The summed E-state index contributed by atoms with van der Waals surface area (Å²) in [6, 6.07) is 6.61. The number of halogens is 2. The van der Waals surface area contributed by atoms with Crippen molar-refractivity contribution in [3.05, 3.63) is 33.3 Å². The Balaban J connectivity index is 2.21. The van der Waals surface area contributed by atoms with E-state index < -0.39 is 0 Å². The molecule has 1 nitrogen and oxygen atoms in total. The van der Waals surface area contributed by atoms with Crippen LogP contribution in [-0.2, 0) is 0 Å². The minimum atomic E-state index is 0.485. The Hall–Kier alpha value is -0.0500. The molecule has 3 heteroatoms. The van der Waals surface area contributed by atoms with Gasteiger partial charge in [0.2, 0.25) is 0 Å². The molecule has 1 aromatic carbocycles. The number of hydrogen-bond acceptors (Lipinski definition) is 1. The topological polar surface area (TPSA) is 12.0 Å². The van der Waals surface area contributed by atoms with Crippen molar-refractivity contribution in [3.63, 3.8) is 0 Å². The number of benzene rings is 1. The van der Waals surface area contributed by atoms with Gasteiger partial charge in [0.05, 0.1) is 0 Å². The first kappa shape index (κ1) is 10.5. The third kappa shape index (κ3) is 2.50. The highest BCUT2D eigenvalue weighted by Crippen LogP contribution is 2.28.